The quantitative estimate of drug-likeness (QED) is 0.523. The van der Waals surface area contributed by atoms with Crippen molar-refractivity contribution in [2.75, 3.05) is 0 Å². The summed E-state index contributed by atoms with van der Waals surface area (Å²) in [5.74, 6) is 0. The van der Waals surface area contributed by atoms with E-state index in [0.717, 1.165) is 27.6 Å². The highest BCUT2D eigenvalue weighted by Crippen LogP contribution is 2.35. The maximum Gasteiger partial charge on any atom is 0.418 e. The number of aromatic nitrogens is 1. The topological polar surface area (TPSA) is 65.1 Å². The predicted molar refractivity (Wildman–Crippen MR) is 79.1 cm³/mol. The van der Waals surface area contributed by atoms with Crippen LogP contribution in [0.25, 0.3) is 15.8 Å². The van der Waals surface area contributed by atoms with E-state index in [0.29, 0.717) is 0 Å². The molecule has 0 saturated heterocycles. The average Bonchev–Trinajstić information content (AvgIpc) is 2.83. The second-order valence-corrected chi connectivity index (χ2v) is 5.63. The van der Waals surface area contributed by atoms with Gasteiger partial charge in [0, 0.05) is 12.1 Å². The molecule has 0 atom stereocenters. The summed E-state index contributed by atoms with van der Waals surface area (Å²) in [6.45, 7) is 0. The van der Waals surface area contributed by atoms with Crippen LogP contribution < -0.4 is 5.56 Å². The minimum atomic E-state index is -4.61. The summed E-state index contributed by atoms with van der Waals surface area (Å²) in [5.41, 5.74) is -2.11. The first kappa shape index (κ1) is 15.2. The highest BCUT2D eigenvalue weighted by Gasteiger charge is 2.34. The fraction of sp³-hybridized carbons (Fsp3) is 0.0714. The number of nitro groups is 1. The van der Waals surface area contributed by atoms with E-state index in [1.165, 1.54) is 30.3 Å². The molecule has 0 fully saturated rings. The molecule has 0 unspecified atom stereocenters. The first-order valence-electron chi connectivity index (χ1n) is 6.26. The SMILES string of the molecule is O=c1c2ccc([N+](=O)[O-])cc2sn1-c1ccccc1C(F)(F)F. The van der Waals surface area contributed by atoms with Gasteiger partial charge in [-0.15, -0.1) is 0 Å². The van der Waals surface area contributed by atoms with Crippen LogP contribution in [0.4, 0.5) is 18.9 Å². The molecule has 3 aromatic rings. The minimum absolute atomic E-state index is 0.137. The normalized spacial score (nSPS) is 11.8. The van der Waals surface area contributed by atoms with E-state index < -0.39 is 22.2 Å². The van der Waals surface area contributed by atoms with Gasteiger partial charge in [-0.1, -0.05) is 23.7 Å². The summed E-state index contributed by atoms with van der Waals surface area (Å²) < 4.78 is 40.4. The van der Waals surface area contributed by atoms with Crippen LogP contribution in [0.15, 0.2) is 47.3 Å². The van der Waals surface area contributed by atoms with Gasteiger partial charge < -0.3 is 0 Å². The summed E-state index contributed by atoms with van der Waals surface area (Å²) in [7, 11) is 0. The van der Waals surface area contributed by atoms with E-state index in [1.54, 1.807) is 0 Å². The molecule has 1 aromatic heterocycles. The molecule has 0 amide bonds. The number of nitro benzene ring substituents is 1. The molecule has 5 nitrogen and oxygen atoms in total. The number of hydrogen-bond acceptors (Lipinski definition) is 4. The standard InChI is InChI=1S/C14H7F3N2O3S/c15-14(16,17)10-3-1-2-4-11(10)18-13(20)9-6-5-8(19(21)22)7-12(9)23-18/h1-7H. The molecule has 0 bridgehead atoms. The van der Waals surface area contributed by atoms with Crippen molar-refractivity contribution in [1.29, 1.82) is 0 Å². The van der Waals surface area contributed by atoms with E-state index in [4.69, 9.17) is 0 Å². The highest BCUT2D eigenvalue weighted by atomic mass is 32.1. The number of benzene rings is 2. The van der Waals surface area contributed by atoms with Crippen LogP contribution in [0, 0.1) is 10.1 Å². The van der Waals surface area contributed by atoms with Crippen LogP contribution in [-0.2, 0) is 6.18 Å². The lowest BCUT2D eigenvalue weighted by molar-refractivity contribution is -0.384. The molecule has 0 aliphatic heterocycles. The molecule has 118 valence electrons. The number of alkyl halides is 3. The van der Waals surface area contributed by atoms with Crippen LogP contribution in [0.1, 0.15) is 5.56 Å². The van der Waals surface area contributed by atoms with Crippen LogP contribution in [-0.4, -0.2) is 8.88 Å². The van der Waals surface area contributed by atoms with Gasteiger partial charge in [-0.3, -0.25) is 14.9 Å². The van der Waals surface area contributed by atoms with Gasteiger partial charge in [0.2, 0.25) is 0 Å². The largest absolute Gasteiger partial charge is 0.418 e. The van der Waals surface area contributed by atoms with Gasteiger partial charge in [0.15, 0.2) is 0 Å². The molecule has 0 saturated carbocycles. The van der Waals surface area contributed by atoms with Gasteiger partial charge in [-0.25, -0.2) is 3.96 Å². The van der Waals surface area contributed by atoms with Crippen molar-refractivity contribution in [3.63, 3.8) is 0 Å². The summed E-state index contributed by atoms with van der Waals surface area (Å²) in [5, 5.41) is 10.9. The van der Waals surface area contributed by atoms with Crippen molar-refractivity contribution in [2.45, 2.75) is 6.18 Å². The third kappa shape index (κ3) is 2.59. The Morgan fingerprint density at radius 3 is 2.48 bits per heavy atom. The lowest BCUT2D eigenvalue weighted by Crippen LogP contribution is -2.16. The molecule has 2 aromatic carbocycles. The molecule has 0 spiro atoms. The number of fused-ring (bicyclic) bond motifs is 1. The van der Waals surface area contributed by atoms with Crippen LogP contribution in [0.5, 0.6) is 0 Å². The first-order valence-corrected chi connectivity index (χ1v) is 7.03. The first-order chi connectivity index (χ1) is 10.8. The van der Waals surface area contributed by atoms with Gasteiger partial charge in [-0.05, 0) is 18.2 Å². The number of hydrogen-bond donors (Lipinski definition) is 0. The van der Waals surface area contributed by atoms with Crippen molar-refractivity contribution in [3.05, 3.63) is 68.5 Å². The molecular formula is C14H7F3N2O3S. The van der Waals surface area contributed by atoms with Crippen molar-refractivity contribution >= 4 is 27.3 Å². The number of para-hydroxylation sites is 1. The number of non-ortho nitro benzene ring substituents is 1. The third-order valence-corrected chi connectivity index (χ3v) is 4.29. The van der Waals surface area contributed by atoms with Crippen LogP contribution in [0.3, 0.4) is 0 Å². The predicted octanol–water partition coefficient (Wildman–Crippen LogP) is 3.98. The number of rotatable bonds is 2. The summed E-state index contributed by atoms with van der Waals surface area (Å²) in [6.07, 6.45) is -4.61. The Balaban J connectivity index is 2.28. The maximum atomic E-state index is 13.1. The third-order valence-electron chi connectivity index (χ3n) is 3.21. The number of halogens is 3. The Hall–Kier alpha value is -2.68. The summed E-state index contributed by atoms with van der Waals surface area (Å²) >= 11 is 0.739. The van der Waals surface area contributed by atoms with Crippen LogP contribution >= 0.6 is 11.5 Å². The zero-order chi connectivity index (χ0) is 16.8. The van der Waals surface area contributed by atoms with E-state index in [1.807, 2.05) is 0 Å². The lowest BCUT2D eigenvalue weighted by Gasteiger charge is -2.11. The zero-order valence-electron chi connectivity index (χ0n) is 11.2. The molecule has 0 aliphatic rings. The molecule has 1 heterocycles. The van der Waals surface area contributed by atoms with Gasteiger partial charge in [0.25, 0.3) is 11.2 Å². The maximum absolute atomic E-state index is 13.1. The second-order valence-electron chi connectivity index (χ2n) is 4.64. The van der Waals surface area contributed by atoms with Crippen molar-refractivity contribution in [1.82, 2.24) is 3.96 Å². The zero-order valence-corrected chi connectivity index (χ0v) is 12.0. The average molecular weight is 340 g/mol. The van der Waals surface area contributed by atoms with Gasteiger partial charge in [0.1, 0.15) is 0 Å². The van der Waals surface area contributed by atoms with E-state index in [-0.39, 0.29) is 21.5 Å². The van der Waals surface area contributed by atoms with E-state index in [2.05, 4.69) is 0 Å². The molecule has 23 heavy (non-hydrogen) atoms. The van der Waals surface area contributed by atoms with Crippen molar-refractivity contribution < 1.29 is 18.1 Å². The molecule has 9 heteroatoms. The smallest absolute Gasteiger partial charge is 0.267 e. The number of nitrogens with zero attached hydrogens (tertiary/aromatic N) is 2. The second kappa shape index (κ2) is 5.20. The van der Waals surface area contributed by atoms with Gasteiger partial charge in [0.05, 0.1) is 26.3 Å². The fourth-order valence-electron chi connectivity index (χ4n) is 2.18. The lowest BCUT2D eigenvalue weighted by atomic mass is 10.1. The van der Waals surface area contributed by atoms with Crippen molar-refractivity contribution in [2.24, 2.45) is 0 Å². The Bertz CT molecular complexity index is 975. The summed E-state index contributed by atoms with van der Waals surface area (Å²) in [6, 6.07) is 8.27. The Morgan fingerprint density at radius 1 is 1.13 bits per heavy atom. The van der Waals surface area contributed by atoms with Gasteiger partial charge in [-0.2, -0.15) is 13.2 Å². The molecular weight excluding hydrogens is 333 g/mol. The van der Waals surface area contributed by atoms with Crippen LogP contribution in [0.2, 0.25) is 0 Å². The molecule has 0 N–H and O–H groups in total. The molecule has 0 radical (unpaired) electrons. The van der Waals surface area contributed by atoms with E-state index in [9.17, 15) is 28.1 Å². The Morgan fingerprint density at radius 2 is 1.83 bits per heavy atom. The summed E-state index contributed by atoms with van der Waals surface area (Å²) in [4.78, 5) is 22.5. The van der Waals surface area contributed by atoms with Gasteiger partial charge >= 0.3 is 6.18 Å². The molecule has 3 rings (SSSR count). The highest BCUT2D eigenvalue weighted by molar-refractivity contribution is 7.14. The van der Waals surface area contributed by atoms with Crippen molar-refractivity contribution in [3.8, 4) is 5.69 Å². The fourth-order valence-corrected chi connectivity index (χ4v) is 3.24. The monoisotopic (exact) mass is 340 g/mol. The Labute approximate surface area is 130 Å². The minimum Gasteiger partial charge on any atom is -0.267 e. The Kier molecular flexibility index (Phi) is 3.44. The molecule has 0 aliphatic carbocycles. The van der Waals surface area contributed by atoms with E-state index >= 15 is 0 Å².